The lowest BCUT2D eigenvalue weighted by Gasteiger charge is -2.29. The van der Waals surface area contributed by atoms with Gasteiger partial charge < -0.3 is 20.0 Å². The average molecular weight is 242 g/mol. The average Bonchev–Trinajstić information content (AvgIpc) is 3.14. The van der Waals surface area contributed by atoms with Crippen LogP contribution in [0, 0.1) is 0 Å². The van der Waals surface area contributed by atoms with Crippen LogP contribution < -0.4 is 0 Å². The highest BCUT2D eigenvalue weighted by molar-refractivity contribution is 5.81. The Balaban J connectivity index is 1.99. The molecule has 96 valence electrons. The molecule has 0 spiro atoms. The van der Waals surface area contributed by atoms with E-state index in [1.807, 2.05) is 0 Å². The highest BCUT2D eigenvalue weighted by Crippen LogP contribution is 2.32. The minimum Gasteiger partial charge on any atom is -0.480 e. The summed E-state index contributed by atoms with van der Waals surface area (Å²) in [4.78, 5) is 26.0. The predicted octanol–water partition coefficient (Wildman–Crippen LogP) is 0.112. The van der Waals surface area contributed by atoms with Crippen molar-refractivity contribution < 1.29 is 19.8 Å². The number of urea groups is 1. The van der Waals surface area contributed by atoms with E-state index in [4.69, 9.17) is 10.2 Å². The Bertz CT molecular complexity index is 313. The van der Waals surface area contributed by atoms with Crippen LogP contribution in [0.1, 0.15) is 25.7 Å². The Labute approximate surface area is 99.8 Å². The van der Waals surface area contributed by atoms with Gasteiger partial charge in [-0.1, -0.05) is 0 Å². The van der Waals surface area contributed by atoms with E-state index in [-0.39, 0.29) is 31.3 Å². The SMILES string of the molecule is O=C(O)CN(C(=O)N(CCO)C1CC1)C1CC1. The Hall–Kier alpha value is -1.30. The van der Waals surface area contributed by atoms with Crippen molar-refractivity contribution in [2.75, 3.05) is 19.7 Å². The summed E-state index contributed by atoms with van der Waals surface area (Å²) in [5, 5.41) is 17.8. The van der Waals surface area contributed by atoms with Crippen LogP contribution in [-0.2, 0) is 4.79 Å². The van der Waals surface area contributed by atoms with Crippen molar-refractivity contribution in [3.63, 3.8) is 0 Å². The fraction of sp³-hybridized carbons (Fsp3) is 0.818. The lowest BCUT2D eigenvalue weighted by atomic mass is 10.4. The van der Waals surface area contributed by atoms with E-state index in [9.17, 15) is 9.59 Å². The van der Waals surface area contributed by atoms with Crippen molar-refractivity contribution in [1.82, 2.24) is 9.80 Å². The Morgan fingerprint density at radius 1 is 1.06 bits per heavy atom. The van der Waals surface area contributed by atoms with Gasteiger partial charge in [-0.2, -0.15) is 0 Å². The molecule has 0 unspecified atom stereocenters. The van der Waals surface area contributed by atoms with Crippen LogP contribution in [-0.4, -0.2) is 63.8 Å². The van der Waals surface area contributed by atoms with Gasteiger partial charge in [-0.25, -0.2) is 4.79 Å². The van der Waals surface area contributed by atoms with Crippen LogP contribution in [0.2, 0.25) is 0 Å². The van der Waals surface area contributed by atoms with Gasteiger partial charge in [-0.15, -0.1) is 0 Å². The van der Waals surface area contributed by atoms with Gasteiger partial charge in [0.1, 0.15) is 6.54 Å². The molecule has 0 aromatic heterocycles. The molecule has 0 aromatic carbocycles. The summed E-state index contributed by atoms with van der Waals surface area (Å²) < 4.78 is 0. The van der Waals surface area contributed by atoms with Crippen LogP contribution in [0.3, 0.4) is 0 Å². The van der Waals surface area contributed by atoms with E-state index in [1.165, 1.54) is 4.90 Å². The molecule has 6 nitrogen and oxygen atoms in total. The third-order valence-corrected chi connectivity index (χ3v) is 3.11. The number of hydrogen-bond donors (Lipinski definition) is 2. The summed E-state index contributed by atoms with van der Waals surface area (Å²) in [5.41, 5.74) is 0. The first-order valence-corrected chi connectivity index (χ1v) is 6.03. The van der Waals surface area contributed by atoms with Crippen molar-refractivity contribution in [2.24, 2.45) is 0 Å². The van der Waals surface area contributed by atoms with Gasteiger partial charge in [0.05, 0.1) is 6.61 Å². The smallest absolute Gasteiger partial charge is 0.323 e. The maximum absolute atomic E-state index is 12.2. The highest BCUT2D eigenvalue weighted by Gasteiger charge is 2.40. The molecular weight excluding hydrogens is 224 g/mol. The summed E-state index contributed by atoms with van der Waals surface area (Å²) in [6, 6.07) is 0.0506. The first-order chi connectivity index (χ1) is 8.13. The van der Waals surface area contributed by atoms with Crippen molar-refractivity contribution in [2.45, 2.75) is 37.8 Å². The van der Waals surface area contributed by atoms with Gasteiger partial charge in [0.15, 0.2) is 0 Å². The monoisotopic (exact) mass is 242 g/mol. The first kappa shape index (κ1) is 12.2. The molecule has 0 saturated heterocycles. The molecule has 0 heterocycles. The van der Waals surface area contributed by atoms with Gasteiger partial charge in [0.25, 0.3) is 0 Å². The number of carbonyl (C=O) groups is 2. The van der Waals surface area contributed by atoms with E-state index in [0.29, 0.717) is 6.54 Å². The first-order valence-electron chi connectivity index (χ1n) is 6.03. The van der Waals surface area contributed by atoms with Crippen LogP contribution in [0.4, 0.5) is 4.79 Å². The molecule has 2 fully saturated rings. The molecule has 2 rings (SSSR count). The number of carbonyl (C=O) groups excluding carboxylic acids is 1. The molecule has 0 aromatic rings. The maximum Gasteiger partial charge on any atom is 0.323 e. The third-order valence-electron chi connectivity index (χ3n) is 3.11. The number of aliphatic hydroxyl groups is 1. The Kier molecular flexibility index (Phi) is 3.51. The van der Waals surface area contributed by atoms with Crippen LogP contribution >= 0.6 is 0 Å². The quantitative estimate of drug-likeness (QED) is 0.692. The fourth-order valence-corrected chi connectivity index (χ4v) is 1.98. The molecule has 0 aliphatic heterocycles. The lowest BCUT2D eigenvalue weighted by molar-refractivity contribution is -0.137. The minimum absolute atomic E-state index is 0.0756. The van der Waals surface area contributed by atoms with Crippen molar-refractivity contribution in [3.05, 3.63) is 0 Å². The Morgan fingerprint density at radius 2 is 1.59 bits per heavy atom. The molecule has 0 bridgehead atoms. The number of nitrogens with zero attached hydrogens (tertiary/aromatic N) is 2. The number of amides is 2. The predicted molar refractivity (Wildman–Crippen MR) is 59.6 cm³/mol. The second-order valence-electron chi connectivity index (χ2n) is 4.68. The summed E-state index contributed by atoms with van der Waals surface area (Å²) in [7, 11) is 0. The normalized spacial score (nSPS) is 18.9. The fourth-order valence-electron chi connectivity index (χ4n) is 1.98. The molecule has 6 heteroatoms. The zero-order valence-corrected chi connectivity index (χ0v) is 9.71. The topological polar surface area (TPSA) is 81.1 Å². The zero-order valence-electron chi connectivity index (χ0n) is 9.71. The summed E-state index contributed by atoms with van der Waals surface area (Å²) in [6.45, 7) is -0.0156. The molecule has 2 N–H and O–H groups in total. The van der Waals surface area contributed by atoms with Crippen LogP contribution in [0.15, 0.2) is 0 Å². The van der Waals surface area contributed by atoms with Gasteiger partial charge >= 0.3 is 12.0 Å². The van der Waals surface area contributed by atoms with Gasteiger partial charge in [-0.05, 0) is 25.7 Å². The van der Waals surface area contributed by atoms with Gasteiger partial charge in [-0.3, -0.25) is 4.79 Å². The highest BCUT2D eigenvalue weighted by atomic mass is 16.4. The number of aliphatic carboxylic acids is 1. The zero-order chi connectivity index (χ0) is 12.4. The molecule has 2 saturated carbocycles. The largest absolute Gasteiger partial charge is 0.480 e. The molecular formula is C11H18N2O4. The summed E-state index contributed by atoms with van der Waals surface area (Å²) in [5.74, 6) is -0.981. The minimum atomic E-state index is -0.981. The van der Waals surface area contributed by atoms with E-state index in [0.717, 1.165) is 25.7 Å². The number of carboxylic acids is 1. The maximum atomic E-state index is 12.2. The van der Waals surface area contributed by atoms with Crippen LogP contribution in [0.25, 0.3) is 0 Å². The number of carboxylic acid groups (broad SMARTS) is 1. The molecule has 2 aliphatic carbocycles. The number of aliphatic hydroxyl groups excluding tert-OH is 1. The molecule has 2 amide bonds. The second-order valence-corrected chi connectivity index (χ2v) is 4.68. The van der Waals surface area contributed by atoms with Crippen molar-refractivity contribution in [1.29, 1.82) is 0 Å². The Morgan fingerprint density at radius 3 is 2.00 bits per heavy atom. The van der Waals surface area contributed by atoms with E-state index in [2.05, 4.69) is 0 Å². The van der Waals surface area contributed by atoms with E-state index >= 15 is 0 Å². The standard InChI is InChI=1S/C11H18N2O4/c14-6-5-12(8-1-2-8)11(17)13(7-10(15)16)9-3-4-9/h8-9,14H,1-7H2,(H,15,16). The molecule has 0 radical (unpaired) electrons. The summed E-state index contributed by atoms with van der Waals surface area (Å²) in [6.07, 6.45) is 3.68. The summed E-state index contributed by atoms with van der Waals surface area (Å²) >= 11 is 0. The van der Waals surface area contributed by atoms with E-state index in [1.54, 1.807) is 4.90 Å². The third kappa shape index (κ3) is 3.09. The van der Waals surface area contributed by atoms with Crippen LogP contribution in [0.5, 0.6) is 0 Å². The molecule has 2 aliphatic rings. The van der Waals surface area contributed by atoms with E-state index < -0.39 is 5.97 Å². The second kappa shape index (κ2) is 4.91. The van der Waals surface area contributed by atoms with Crippen molar-refractivity contribution >= 4 is 12.0 Å². The van der Waals surface area contributed by atoms with Gasteiger partial charge in [0.2, 0.25) is 0 Å². The number of hydrogen-bond acceptors (Lipinski definition) is 3. The van der Waals surface area contributed by atoms with Gasteiger partial charge in [0, 0.05) is 18.6 Å². The molecule has 0 atom stereocenters. The molecule has 17 heavy (non-hydrogen) atoms. The number of rotatable bonds is 6. The van der Waals surface area contributed by atoms with Crippen molar-refractivity contribution in [3.8, 4) is 0 Å². The lowest BCUT2D eigenvalue weighted by Crippen LogP contribution is -2.48.